The molecule has 0 amide bonds. The predicted molar refractivity (Wildman–Crippen MR) is 79.1 cm³/mol. The molecular weight excluding hydrogens is 220 g/mol. The van der Waals surface area contributed by atoms with E-state index in [-0.39, 0.29) is 5.41 Å². The Kier molecular flexibility index (Phi) is 4.26. The van der Waals surface area contributed by atoms with Crippen LogP contribution in [0.4, 0.5) is 0 Å². The number of rotatable bonds is 4. The van der Waals surface area contributed by atoms with E-state index in [9.17, 15) is 5.11 Å². The van der Waals surface area contributed by atoms with Crippen LogP contribution in [0.1, 0.15) is 52.2 Å². The molecule has 0 saturated heterocycles. The Balaban J connectivity index is 3.08. The molecule has 0 aliphatic rings. The molecule has 1 nitrogen and oxygen atoms in total. The molecule has 1 aromatic carbocycles. The molecule has 0 spiro atoms. The van der Waals surface area contributed by atoms with E-state index in [2.05, 4.69) is 47.3 Å². The first-order chi connectivity index (χ1) is 8.15. The quantitative estimate of drug-likeness (QED) is 0.754. The minimum atomic E-state index is 0.113. The fraction of sp³-hybridized carbons (Fsp3) is 0.529. The summed E-state index contributed by atoms with van der Waals surface area (Å²) in [5.74, 6) is 0.366. The molecule has 0 heterocycles. The minimum absolute atomic E-state index is 0.113. The second kappa shape index (κ2) is 5.17. The second-order valence-corrected chi connectivity index (χ2v) is 6.96. The van der Waals surface area contributed by atoms with Crippen LogP contribution in [0.25, 0.3) is 0 Å². The van der Waals surface area contributed by atoms with Crippen molar-refractivity contribution in [2.45, 2.75) is 52.9 Å². The summed E-state index contributed by atoms with van der Waals surface area (Å²) in [6.07, 6.45) is 3.65. The lowest BCUT2D eigenvalue weighted by atomic mass is 9.72. The van der Waals surface area contributed by atoms with Crippen LogP contribution < -0.4 is 0 Å². The summed E-state index contributed by atoms with van der Waals surface area (Å²) in [5.41, 5.74) is 2.65. The van der Waals surface area contributed by atoms with Gasteiger partial charge in [-0.05, 0) is 40.9 Å². The highest BCUT2D eigenvalue weighted by Crippen LogP contribution is 2.37. The van der Waals surface area contributed by atoms with Crippen molar-refractivity contribution in [2.75, 3.05) is 0 Å². The molecule has 0 aliphatic heterocycles. The Morgan fingerprint density at radius 2 is 1.78 bits per heavy atom. The molecule has 100 valence electrons. The average molecular weight is 246 g/mol. The van der Waals surface area contributed by atoms with Gasteiger partial charge in [0.25, 0.3) is 0 Å². The summed E-state index contributed by atoms with van der Waals surface area (Å²) < 4.78 is 0. The lowest BCUT2D eigenvalue weighted by Gasteiger charge is -2.33. The van der Waals surface area contributed by atoms with E-state index < -0.39 is 0 Å². The van der Waals surface area contributed by atoms with E-state index in [0.717, 1.165) is 12.0 Å². The van der Waals surface area contributed by atoms with Gasteiger partial charge < -0.3 is 5.11 Å². The molecule has 1 N–H and O–H groups in total. The number of hydrogen-bond donors (Lipinski definition) is 1. The number of hydrogen-bond acceptors (Lipinski definition) is 1. The fourth-order valence-corrected chi connectivity index (χ4v) is 2.75. The van der Waals surface area contributed by atoms with Gasteiger partial charge in [-0.2, -0.15) is 0 Å². The van der Waals surface area contributed by atoms with Crippen molar-refractivity contribution in [1.82, 2.24) is 0 Å². The van der Waals surface area contributed by atoms with Gasteiger partial charge in [0.15, 0.2) is 0 Å². The number of benzene rings is 1. The smallest absolute Gasteiger partial charge is 0.119 e. The molecule has 0 aromatic heterocycles. The van der Waals surface area contributed by atoms with Gasteiger partial charge >= 0.3 is 0 Å². The molecule has 0 bridgehead atoms. The van der Waals surface area contributed by atoms with Crippen LogP contribution in [0.5, 0.6) is 5.75 Å². The molecule has 0 saturated carbocycles. The zero-order valence-electron chi connectivity index (χ0n) is 12.4. The van der Waals surface area contributed by atoms with Crippen LogP contribution in [0.2, 0.25) is 0 Å². The second-order valence-electron chi connectivity index (χ2n) is 6.96. The van der Waals surface area contributed by atoms with Crippen molar-refractivity contribution in [2.24, 2.45) is 5.41 Å². The molecule has 0 unspecified atom stereocenters. The van der Waals surface area contributed by atoms with Crippen molar-refractivity contribution in [3.05, 3.63) is 42.0 Å². The van der Waals surface area contributed by atoms with Gasteiger partial charge in [-0.15, -0.1) is 6.58 Å². The number of phenolic OH excluding ortho intramolecular Hbond substituents is 1. The first-order valence-electron chi connectivity index (χ1n) is 6.59. The third-order valence-corrected chi connectivity index (χ3v) is 3.20. The van der Waals surface area contributed by atoms with Crippen LogP contribution in [0, 0.1) is 5.41 Å². The van der Waals surface area contributed by atoms with Crippen molar-refractivity contribution in [1.29, 1.82) is 0 Å². The van der Waals surface area contributed by atoms with Gasteiger partial charge in [-0.25, -0.2) is 0 Å². The first-order valence-corrected chi connectivity index (χ1v) is 6.59. The third-order valence-electron chi connectivity index (χ3n) is 3.20. The summed E-state index contributed by atoms with van der Waals surface area (Å²) in [6, 6.07) is 5.95. The molecule has 0 fully saturated rings. The van der Waals surface area contributed by atoms with Crippen LogP contribution in [-0.4, -0.2) is 5.11 Å². The molecule has 18 heavy (non-hydrogen) atoms. The molecular formula is C17H26O. The molecule has 1 heteroatoms. The number of phenols is 1. The molecule has 0 aliphatic carbocycles. The van der Waals surface area contributed by atoms with Crippen LogP contribution in [0.3, 0.4) is 0 Å². The predicted octanol–water partition coefficient (Wildman–Crippen LogP) is 4.83. The molecule has 0 radical (unpaired) electrons. The maximum Gasteiger partial charge on any atom is 0.119 e. The van der Waals surface area contributed by atoms with Crippen molar-refractivity contribution in [3.63, 3.8) is 0 Å². The number of allylic oxidation sites excluding steroid dienone is 1. The number of aromatic hydroxyl groups is 1. The third kappa shape index (κ3) is 3.90. The zero-order valence-corrected chi connectivity index (χ0v) is 12.4. The Morgan fingerprint density at radius 3 is 2.28 bits per heavy atom. The minimum Gasteiger partial charge on any atom is -0.508 e. The largest absolute Gasteiger partial charge is 0.508 e. The molecule has 1 aromatic rings. The van der Waals surface area contributed by atoms with Gasteiger partial charge in [0, 0.05) is 0 Å². The van der Waals surface area contributed by atoms with E-state index in [1.54, 1.807) is 6.07 Å². The van der Waals surface area contributed by atoms with Gasteiger partial charge in [0.05, 0.1) is 0 Å². The first kappa shape index (κ1) is 14.8. The van der Waals surface area contributed by atoms with Crippen molar-refractivity contribution < 1.29 is 5.11 Å². The van der Waals surface area contributed by atoms with Crippen LogP contribution in [0.15, 0.2) is 30.9 Å². The standard InChI is InChI=1S/C17H26O/c1-7-8-13-11-14(9-10-15(13)18)17(5,6)12-16(2,3)4/h7,9-11,18H,1,8,12H2,2-6H3. The molecule has 0 atom stereocenters. The Bertz CT molecular complexity index is 422. The van der Waals surface area contributed by atoms with Crippen molar-refractivity contribution >= 4 is 0 Å². The fourth-order valence-electron chi connectivity index (χ4n) is 2.75. The normalized spacial score (nSPS) is 12.5. The van der Waals surface area contributed by atoms with Gasteiger partial charge in [0.2, 0.25) is 0 Å². The van der Waals surface area contributed by atoms with E-state index in [0.29, 0.717) is 17.6 Å². The summed E-state index contributed by atoms with van der Waals surface area (Å²) in [7, 11) is 0. The molecule has 1 rings (SSSR count). The monoisotopic (exact) mass is 246 g/mol. The highest BCUT2D eigenvalue weighted by Gasteiger charge is 2.27. The lowest BCUT2D eigenvalue weighted by Crippen LogP contribution is -2.24. The Morgan fingerprint density at radius 1 is 1.17 bits per heavy atom. The van der Waals surface area contributed by atoms with Crippen LogP contribution in [-0.2, 0) is 11.8 Å². The van der Waals surface area contributed by atoms with E-state index in [4.69, 9.17) is 0 Å². The van der Waals surface area contributed by atoms with E-state index in [1.807, 2.05) is 12.1 Å². The highest BCUT2D eigenvalue weighted by molar-refractivity contribution is 5.40. The highest BCUT2D eigenvalue weighted by atomic mass is 16.3. The topological polar surface area (TPSA) is 20.2 Å². The van der Waals surface area contributed by atoms with E-state index in [1.165, 1.54) is 5.56 Å². The average Bonchev–Trinajstić information content (AvgIpc) is 2.17. The van der Waals surface area contributed by atoms with Gasteiger partial charge in [-0.3, -0.25) is 0 Å². The summed E-state index contributed by atoms with van der Waals surface area (Å²) >= 11 is 0. The van der Waals surface area contributed by atoms with Crippen molar-refractivity contribution in [3.8, 4) is 5.75 Å². The Labute approximate surface area is 112 Å². The van der Waals surface area contributed by atoms with E-state index >= 15 is 0 Å². The zero-order chi connectivity index (χ0) is 14.0. The summed E-state index contributed by atoms with van der Waals surface area (Å²) in [5, 5.41) is 9.82. The SMILES string of the molecule is C=CCc1cc(C(C)(C)CC(C)(C)C)ccc1O. The van der Waals surface area contributed by atoms with Gasteiger partial charge in [-0.1, -0.05) is 52.8 Å². The Hall–Kier alpha value is -1.24. The maximum absolute atomic E-state index is 9.82. The summed E-state index contributed by atoms with van der Waals surface area (Å²) in [6.45, 7) is 15.1. The van der Waals surface area contributed by atoms with Crippen LogP contribution >= 0.6 is 0 Å². The van der Waals surface area contributed by atoms with Gasteiger partial charge in [0.1, 0.15) is 5.75 Å². The summed E-state index contributed by atoms with van der Waals surface area (Å²) in [4.78, 5) is 0. The maximum atomic E-state index is 9.82. The lowest BCUT2D eigenvalue weighted by molar-refractivity contribution is 0.284.